The molecule has 0 aliphatic carbocycles. The van der Waals surface area contributed by atoms with Gasteiger partial charge in [0.2, 0.25) is 0 Å². The maximum atomic E-state index is 5.68. The van der Waals surface area contributed by atoms with Gasteiger partial charge in [-0.3, -0.25) is 0 Å². The number of aryl methyl sites for hydroxylation is 2. The maximum absolute atomic E-state index is 5.68. The molecule has 29 heavy (non-hydrogen) atoms. The van der Waals surface area contributed by atoms with Crippen LogP contribution in [0.3, 0.4) is 0 Å². The summed E-state index contributed by atoms with van der Waals surface area (Å²) >= 11 is 3.69. The van der Waals surface area contributed by atoms with Gasteiger partial charge in [-0.2, -0.15) is 4.68 Å². The van der Waals surface area contributed by atoms with Crippen LogP contribution in [0, 0.1) is 19.8 Å². The fourth-order valence-electron chi connectivity index (χ4n) is 4.18. The fraction of sp³-hybridized carbons (Fsp3) is 0.409. The van der Waals surface area contributed by atoms with Crippen LogP contribution in [0.5, 0.6) is 5.75 Å². The van der Waals surface area contributed by atoms with Crippen molar-refractivity contribution in [2.75, 3.05) is 13.7 Å². The molecule has 2 heterocycles. The van der Waals surface area contributed by atoms with E-state index in [0.717, 1.165) is 34.7 Å². The number of halogens is 1. The summed E-state index contributed by atoms with van der Waals surface area (Å²) in [6, 6.07) is 13.2. The van der Waals surface area contributed by atoms with E-state index >= 15 is 0 Å². The minimum Gasteiger partial charge on any atom is -0.496 e. The molecule has 152 valence electrons. The van der Waals surface area contributed by atoms with Gasteiger partial charge in [0.05, 0.1) is 12.8 Å². The van der Waals surface area contributed by atoms with E-state index in [4.69, 9.17) is 4.74 Å². The van der Waals surface area contributed by atoms with Crippen LogP contribution in [0.2, 0.25) is 0 Å². The molecule has 4 rings (SSSR count). The summed E-state index contributed by atoms with van der Waals surface area (Å²) in [6.07, 6.45) is 3.30. The Labute approximate surface area is 179 Å². The number of aromatic nitrogens is 4. The third kappa shape index (κ3) is 4.21. The van der Waals surface area contributed by atoms with Crippen molar-refractivity contribution in [3.63, 3.8) is 0 Å². The predicted octanol–water partition coefficient (Wildman–Crippen LogP) is 4.33. The second-order valence-corrected chi connectivity index (χ2v) is 8.54. The van der Waals surface area contributed by atoms with E-state index in [0.29, 0.717) is 12.0 Å². The molecule has 7 heteroatoms. The van der Waals surface area contributed by atoms with E-state index in [9.17, 15) is 0 Å². The first kappa shape index (κ1) is 20.0. The Bertz CT molecular complexity index is 1000. The largest absolute Gasteiger partial charge is 0.496 e. The van der Waals surface area contributed by atoms with E-state index in [1.807, 2.05) is 19.1 Å². The minimum absolute atomic E-state index is 0.323. The fourth-order valence-corrected chi connectivity index (χ4v) is 4.57. The first-order valence-corrected chi connectivity index (χ1v) is 10.8. The molecule has 1 saturated heterocycles. The second-order valence-electron chi connectivity index (χ2n) is 7.68. The van der Waals surface area contributed by atoms with Gasteiger partial charge in [0.1, 0.15) is 5.75 Å². The molecule has 2 atom stereocenters. The summed E-state index contributed by atoms with van der Waals surface area (Å²) in [5.74, 6) is 2.16. The maximum Gasteiger partial charge on any atom is 0.153 e. The molecule has 2 aromatic carbocycles. The Morgan fingerprint density at radius 1 is 1.21 bits per heavy atom. The molecule has 1 aliphatic heterocycles. The zero-order valence-electron chi connectivity index (χ0n) is 17.0. The molecule has 0 radical (unpaired) electrons. The van der Waals surface area contributed by atoms with Crippen LogP contribution in [0.4, 0.5) is 0 Å². The first-order chi connectivity index (χ1) is 14.1. The average molecular weight is 456 g/mol. The molecule has 1 aromatic heterocycles. The number of ether oxygens (including phenoxy) is 1. The summed E-state index contributed by atoms with van der Waals surface area (Å²) in [5.41, 5.74) is 4.73. The highest BCUT2D eigenvalue weighted by Crippen LogP contribution is 2.36. The van der Waals surface area contributed by atoms with E-state index in [-0.39, 0.29) is 0 Å². The summed E-state index contributed by atoms with van der Waals surface area (Å²) in [6.45, 7) is 5.07. The minimum atomic E-state index is 0.323. The van der Waals surface area contributed by atoms with Crippen molar-refractivity contribution >= 4 is 15.9 Å². The highest BCUT2D eigenvalue weighted by Gasteiger charge is 2.27. The molecule has 0 unspecified atom stereocenters. The van der Waals surface area contributed by atoms with Crippen molar-refractivity contribution < 1.29 is 4.74 Å². The summed E-state index contributed by atoms with van der Waals surface area (Å²) in [5, 5.41) is 15.6. The van der Waals surface area contributed by atoms with Gasteiger partial charge in [-0.15, -0.1) is 5.10 Å². The van der Waals surface area contributed by atoms with E-state index in [2.05, 4.69) is 68.0 Å². The molecule has 1 N–H and O–H groups in total. The number of hydrogen-bond donors (Lipinski definition) is 1. The van der Waals surface area contributed by atoms with E-state index in [1.165, 1.54) is 29.5 Å². The van der Waals surface area contributed by atoms with Crippen LogP contribution in [0.1, 0.15) is 41.4 Å². The summed E-state index contributed by atoms with van der Waals surface area (Å²) < 4.78 is 8.60. The van der Waals surface area contributed by atoms with Crippen LogP contribution in [-0.2, 0) is 6.42 Å². The second kappa shape index (κ2) is 8.63. The highest BCUT2D eigenvalue weighted by atomic mass is 79.9. The quantitative estimate of drug-likeness (QED) is 0.619. The number of hydrogen-bond acceptors (Lipinski definition) is 5. The lowest BCUT2D eigenvalue weighted by Gasteiger charge is -2.34. The number of nitrogens with zero attached hydrogens (tertiary/aromatic N) is 4. The van der Waals surface area contributed by atoms with Gasteiger partial charge in [-0.1, -0.05) is 28.1 Å². The van der Waals surface area contributed by atoms with Crippen LogP contribution in [-0.4, -0.2) is 33.9 Å². The number of nitrogens with one attached hydrogen (secondary N) is 1. The number of piperidine rings is 1. The van der Waals surface area contributed by atoms with Gasteiger partial charge in [0.25, 0.3) is 0 Å². The van der Waals surface area contributed by atoms with Crippen molar-refractivity contribution in [2.24, 2.45) is 5.92 Å². The Balaban J connectivity index is 1.65. The zero-order chi connectivity index (χ0) is 20.4. The van der Waals surface area contributed by atoms with E-state index in [1.54, 1.807) is 11.8 Å². The normalized spacial score (nSPS) is 19.3. The third-order valence-electron chi connectivity index (χ3n) is 5.76. The molecular formula is C22H26BrN5O. The van der Waals surface area contributed by atoms with Gasteiger partial charge in [-0.25, -0.2) is 0 Å². The lowest BCUT2D eigenvalue weighted by molar-refractivity contribution is 0.279. The van der Waals surface area contributed by atoms with Crippen LogP contribution < -0.4 is 10.1 Å². The van der Waals surface area contributed by atoms with Gasteiger partial charge >= 0.3 is 0 Å². The highest BCUT2D eigenvalue weighted by molar-refractivity contribution is 9.10. The standard InChI is InChI=1S/C22H26BrN5O/c1-14-6-7-17(13-20(14)23)22-16(5-4-10-24-22)11-18-12-19(8-9-21(18)29-3)28-15(2)25-26-27-28/h6-9,12-13,16,22,24H,4-5,10-11H2,1-3H3/t16-,22-/m0/s1. The van der Waals surface area contributed by atoms with Crippen LogP contribution in [0.25, 0.3) is 5.69 Å². The smallest absolute Gasteiger partial charge is 0.153 e. The SMILES string of the molecule is COc1ccc(-n2nnnc2C)cc1C[C@@H]1CCCN[C@@H]1c1ccc(C)c(Br)c1. The number of rotatable bonds is 5. The number of benzene rings is 2. The lowest BCUT2D eigenvalue weighted by atomic mass is 9.81. The van der Waals surface area contributed by atoms with Crippen LogP contribution in [0.15, 0.2) is 40.9 Å². The molecule has 0 bridgehead atoms. The summed E-state index contributed by atoms with van der Waals surface area (Å²) in [4.78, 5) is 0. The Hall–Kier alpha value is -2.25. The lowest BCUT2D eigenvalue weighted by Crippen LogP contribution is -2.35. The Morgan fingerprint density at radius 3 is 2.79 bits per heavy atom. The van der Waals surface area contributed by atoms with Crippen molar-refractivity contribution in [2.45, 2.75) is 39.2 Å². The molecule has 1 fully saturated rings. The molecule has 6 nitrogen and oxygen atoms in total. The summed E-state index contributed by atoms with van der Waals surface area (Å²) in [7, 11) is 1.73. The van der Waals surface area contributed by atoms with Gasteiger partial charge in [0.15, 0.2) is 5.82 Å². The first-order valence-electron chi connectivity index (χ1n) is 9.98. The van der Waals surface area contributed by atoms with E-state index < -0.39 is 0 Å². The predicted molar refractivity (Wildman–Crippen MR) is 116 cm³/mol. The zero-order valence-corrected chi connectivity index (χ0v) is 18.6. The van der Waals surface area contributed by atoms with Crippen molar-refractivity contribution in [1.29, 1.82) is 0 Å². The molecular weight excluding hydrogens is 430 g/mol. The van der Waals surface area contributed by atoms with Crippen molar-refractivity contribution in [3.8, 4) is 11.4 Å². The number of methoxy groups -OCH3 is 1. The Morgan fingerprint density at radius 2 is 2.07 bits per heavy atom. The average Bonchev–Trinajstić information content (AvgIpc) is 3.16. The third-order valence-corrected chi connectivity index (χ3v) is 6.61. The van der Waals surface area contributed by atoms with Gasteiger partial charge in [0, 0.05) is 10.5 Å². The molecule has 0 saturated carbocycles. The molecule has 0 spiro atoms. The molecule has 3 aromatic rings. The molecule has 0 amide bonds. The van der Waals surface area contributed by atoms with Gasteiger partial charge < -0.3 is 10.1 Å². The monoisotopic (exact) mass is 455 g/mol. The van der Waals surface area contributed by atoms with Gasteiger partial charge in [-0.05, 0) is 97.0 Å². The van der Waals surface area contributed by atoms with Crippen molar-refractivity contribution in [1.82, 2.24) is 25.5 Å². The van der Waals surface area contributed by atoms with Crippen LogP contribution >= 0.6 is 15.9 Å². The topological polar surface area (TPSA) is 64.9 Å². The number of tetrazole rings is 1. The molecule has 1 aliphatic rings. The Kier molecular flexibility index (Phi) is 5.96. The van der Waals surface area contributed by atoms with Crippen molar-refractivity contribution in [3.05, 3.63) is 63.4 Å².